The number of nitrogens with zero attached hydrogens (tertiary/aromatic N) is 2. The quantitative estimate of drug-likeness (QED) is 0.305. The molecule has 1 aromatic carbocycles. The molecule has 0 aliphatic heterocycles. The maximum Gasteiger partial charge on any atom is 0.326 e. The number of carbonyl (C=O) groups is 3. The molecule has 11 nitrogen and oxygen atoms in total. The molecule has 0 saturated heterocycles. The van der Waals surface area contributed by atoms with Crippen LogP contribution in [0.5, 0.6) is 0 Å². The van der Waals surface area contributed by atoms with Crippen molar-refractivity contribution in [2.24, 2.45) is 0 Å². The Morgan fingerprint density at radius 3 is 2.81 bits per heavy atom. The number of amides is 2. The summed E-state index contributed by atoms with van der Waals surface area (Å²) in [5, 5.41) is 17.6. The molecule has 31 heavy (non-hydrogen) atoms. The molecule has 0 radical (unpaired) electrons. The lowest BCUT2D eigenvalue weighted by atomic mass is 10.1. The van der Waals surface area contributed by atoms with Gasteiger partial charge in [0.1, 0.15) is 6.54 Å². The molecule has 160 valence electrons. The molecule has 0 fully saturated rings. The second kappa shape index (κ2) is 9.63. The van der Waals surface area contributed by atoms with Gasteiger partial charge in [0.15, 0.2) is 17.0 Å². The molecule has 2 aromatic heterocycles. The van der Waals surface area contributed by atoms with Gasteiger partial charge in [-0.2, -0.15) is 0 Å². The van der Waals surface area contributed by atoms with Gasteiger partial charge in [0.05, 0.1) is 16.9 Å². The van der Waals surface area contributed by atoms with Crippen LogP contribution in [0.2, 0.25) is 0 Å². The summed E-state index contributed by atoms with van der Waals surface area (Å²) in [6.07, 6.45) is 0.182. The van der Waals surface area contributed by atoms with E-state index in [2.05, 4.69) is 15.6 Å². The lowest BCUT2D eigenvalue weighted by Crippen LogP contribution is -2.35. The maximum atomic E-state index is 12.2. The van der Waals surface area contributed by atoms with Crippen LogP contribution in [0.4, 0.5) is 10.8 Å². The molecule has 0 spiro atoms. The van der Waals surface area contributed by atoms with Gasteiger partial charge in [-0.25, -0.2) is 4.98 Å². The van der Waals surface area contributed by atoms with Crippen LogP contribution >= 0.6 is 11.3 Å². The summed E-state index contributed by atoms with van der Waals surface area (Å²) >= 11 is 1.12. The number of nitrogens with one attached hydrogen (secondary N) is 2. The first-order chi connectivity index (χ1) is 14.8. The van der Waals surface area contributed by atoms with Gasteiger partial charge in [-0.3, -0.25) is 29.8 Å². The fraction of sp³-hybridized carbons (Fsp3) is 0.158. The third-order valence-electron chi connectivity index (χ3n) is 3.90. The molecule has 0 aliphatic carbocycles. The zero-order chi connectivity index (χ0) is 22.4. The Kier molecular flexibility index (Phi) is 6.72. The monoisotopic (exact) mass is 444 g/mol. The van der Waals surface area contributed by atoms with Gasteiger partial charge >= 0.3 is 5.97 Å². The number of benzene rings is 1. The van der Waals surface area contributed by atoms with Crippen LogP contribution in [0.3, 0.4) is 0 Å². The zero-order valence-electron chi connectivity index (χ0n) is 16.1. The number of nitro benzene ring substituents is 1. The number of thiazole rings is 1. The van der Waals surface area contributed by atoms with E-state index < -0.39 is 35.4 Å². The van der Waals surface area contributed by atoms with Gasteiger partial charge in [0.2, 0.25) is 0 Å². The summed E-state index contributed by atoms with van der Waals surface area (Å²) in [6.45, 7) is 0.933. The first-order valence-electron chi connectivity index (χ1n) is 8.86. The SMILES string of the molecule is CC(OC(=O)CNC(=O)c1ccco1)C(=O)Nc1nc(-c2cccc([N+](=O)[O-])c2)cs1. The Morgan fingerprint density at radius 1 is 1.29 bits per heavy atom. The van der Waals surface area contributed by atoms with Crippen LogP contribution in [-0.2, 0) is 14.3 Å². The summed E-state index contributed by atoms with van der Waals surface area (Å²) in [7, 11) is 0. The molecule has 0 saturated carbocycles. The van der Waals surface area contributed by atoms with Crippen molar-refractivity contribution in [1.82, 2.24) is 10.3 Å². The van der Waals surface area contributed by atoms with Gasteiger partial charge < -0.3 is 14.5 Å². The number of rotatable bonds is 8. The van der Waals surface area contributed by atoms with Crippen molar-refractivity contribution in [1.29, 1.82) is 0 Å². The maximum absolute atomic E-state index is 12.2. The van der Waals surface area contributed by atoms with E-state index in [4.69, 9.17) is 9.15 Å². The normalized spacial score (nSPS) is 11.4. The number of carbonyl (C=O) groups excluding carboxylic acids is 3. The molecular formula is C19H16N4O7S. The highest BCUT2D eigenvalue weighted by molar-refractivity contribution is 7.14. The van der Waals surface area contributed by atoms with E-state index in [0.717, 1.165) is 11.3 Å². The Morgan fingerprint density at radius 2 is 2.10 bits per heavy atom. The lowest BCUT2D eigenvalue weighted by Gasteiger charge is -2.12. The highest BCUT2D eigenvalue weighted by atomic mass is 32.1. The summed E-state index contributed by atoms with van der Waals surface area (Å²) < 4.78 is 9.89. The van der Waals surface area contributed by atoms with Crippen LogP contribution in [0.1, 0.15) is 17.5 Å². The second-order valence-corrected chi connectivity index (χ2v) is 6.98. The molecule has 2 amide bonds. The van der Waals surface area contributed by atoms with Gasteiger partial charge in [0.25, 0.3) is 17.5 Å². The highest BCUT2D eigenvalue weighted by Crippen LogP contribution is 2.27. The smallest absolute Gasteiger partial charge is 0.326 e. The van der Waals surface area contributed by atoms with E-state index in [9.17, 15) is 24.5 Å². The van der Waals surface area contributed by atoms with Gasteiger partial charge in [-0.1, -0.05) is 12.1 Å². The predicted octanol–water partition coefficient (Wildman–Crippen LogP) is 2.61. The van der Waals surface area contributed by atoms with E-state index in [1.807, 2.05) is 0 Å². The molecule has 12 heteroatoms. The van der Waals surface area contributed by atoms with Crippen molar-refractivity contribution in [2.75, 3.05) is 11.9 Å². The second-order valence-electron chi connectivity index (χ2n) is 6.13. The van der Waals surface area contributed by atoms with Crippen LogP contribution in [0.15, 0.2) is 52.5 Å². The van der Waals surface area contributed by atoms with Crippen LogP contribution in [0, 0.1) is 10.1 Å². The Bertz CT molecular complexity index is 1110. The third-order valence-corrected chi connectivity index (χ3v) is 4.66. The van der Waals surface area contributed by atoms with Crippen molar-refractivity contribution in [3.05, 3.63) is 63.9 Å². The third kappa shape index (κ3) is 5.73. The molecule has 3 aromatic rings. The Balaban J connectivity index is 1.52. The molecule has 3 rings (SSSR count). The minimum atomic E-state index is -1.14. The molecule has 0 aliphatic rings. The fourth-order valence-electron chi connectivity index (χ4n) is 2.39. The largest absolute Gasteiger partial charge is 0.459 e. The zero-order valence-corrected chi connectivity index (χ0v) is 16.9. The fourth-order valence-corrected chi connectivity index (χ4v) is 3.11. The van der Waals surface area contributed by atoms with Crippen LogP contribution in [-0.4, -0.2) is 40.3 Å². The Hall–Kier alpha value is -4.06. The number of anilines is 1. The van der Waals surface area contributed by atoms with Crippen molar-refractivity contribution in [3.63, 3.8) is 0 Å². The van der Waals surface area contributed by atoms with E-state index in [-0.39, 0.29) is 16.6 Å². The number of non-ortho nitro benzene ring substituents is 1. The summed E-state index contributed by atoms with van der Waals surface area (Å²) in [6, 6.07) is 8.91. The average molecular weight is 444 g/mol. The minimum Gasteiger partial charge on any atom is -0.459 e. The molecule has 0 bridgehead atoms. The highest BCUT2D eigenvalue weighted by Gasteiger charge is 2.20. The molecule has 2 N–H and O–H groups in total. The molecule has 2 heterocycles. The van der Waals surface area contributed by atoms with Gasteiger partial charge in [-0.05, 0) is 19.1 Å². The summed E-state index contributed by atoms with van der Waals surface area (Å²) in [5.41, 5.74) is 0.905. The summed E-state index contributed by atoms with van der Waals surface area (Å²) in [5.74, 6) is -1.97. The average Bonchev–Trinajstić information content (AvgIpc) is 3.44. The van der Waals surface area contributed by atoms with Crippen molar-refractivity contribution >= 4 is 39.9 Å². The number of furan rings is 1. The standard InChI is InChI=1S/C19H16N4O7S/c1-11(30-16(24)9-20-18(26)15-6-3-7-29-15)17(25)22-19-21-14(10-31-19)12-4-2-5-13(8-12)23(27)28/h2-8,10-11H,9H2,1H3,(H,20,26)(H,21,22,25). The first-order valence-corrected chi connectivity index (χ1v) is 9.74. The first kappa shape index (κ1) is 21.6. The number of ether oxygens (including phenoxy) is 1. The van der Waals surface area contributed by atoms with Crippen molar-refractivity contribution in [3.8, 4) is 11.3 Å². The number of hydrogen-bond acceptors (Lipinski definition) is 9. The molecule has 1 atom stereocenters. The summed E-state index contributed by atoms with van der Waals surface area (Å²) in [4.78, 5) is 50.4. The van der Waals surface area contributed by atoms with E-state index >= 15 is 0 Å². The number of aromatic nitrogens is 1. The van der Waals surface area contributed by atoms with Gasteiger partial charge in [0, 0.05) is 23.1 Å². The van der Waals surface area contributed by atoms with Crippen molar-refractivity contribution < 1.29 is 28.5 Å². The lowest BCUT2D eigenvalue weighted by molar-refractivity contribution is -0.384. The van der Waals surface area contributed by atoms with Crippen LogP contribution in [0.25, 0.3) is 11.3 Å². The van der Waals surface area contributed by atoms with E-state index in [0.29, 0.717) is 11.3 Å². The minimum absolute atomic E-state index is 0.0434. The van der Waals surface area contributed by atoms with E-state index in [1.165, 1.54) is 43.5 Å². The number of hydrogen-bond donors (Lipinski definition) is 2. The predicted molar refractivity (Wildman–Crippen MR) is 109 cm³/mol. The van der Waals surface area contributed by atoms with Crippen LogP contribution < -0.4 is 10.6 Å². The molecular weight excluding hydrogens is 428 g/mol. The topological polar surface area (TPSA) is 154 Å². The van der Waals surface area contributed by atoms with E-state index in [1.54, 1.807) is 11.4 Å². The van der Waals surface area contributed by atoms with Crippen molar-refractivity contribution in [2.45, 2.75) is 13.0 Å². The Labute approximate surface area is 179 Å². The number of nitro groups is 1. The molecule has 1 unspecified atom stereocenters. The van der Waals surface area contributed by atoms with Gasteiger partial charge in [-0.15, -0.1) is 11.3 Å². The number of esters is 1.